The van der Waals surface area contributed by atoms with E-state index in [1.807, 2.05) is 0 Å². The van der Waals surface area contributed by atoms with Crippen LogP contribution in [0.1, 0.15) is 25.7 Å². The first-order chi connectivity index (χ1) is 9.89. The zero-order valence-corrected chi connectivity index (χ0v) is 14.9. The third kappa shape index (κ3) is 2.88. The standard InChI is InChI=1S/C14H18BrClN2O2S/c1-18(11-7-9-5-6-10(8-11)17-9)21(19,20)14-12(15)3-2-4-13(14)16/h2-4,9-11,17H,5-8H2,1H3. The van der Waals surface area contributed by atoms with Gasteiger partial charge in [0.05, 0.1) is 5.02 Å². The van der Waals surface area contributed by atoms with Crippen molar-refractivity contribution in [1.82, 2.24) is 9.62 Å². The molecule has 2 unspecified atom stereocenters. The minimum absolute atomic E-state index is 0.0388. The summed E-state index contributed by atoms with van der Waals surface area (Å²) in [7, 11) is -1.93. The normalized spacial score (nSPS) is 29.0. The number of halogens is 2. The summed E-state index contributed by atoms with van der Waals surface area (Å²) >= 11 is 9.43. The molecule has 0 aromatic heterocycles. The lowest BCUT2D eigenvalue weighted by Crippen LogP contribution is -2.48. The third-order valence-electron chi connectivity index (χ3n) is 4.52. The molecule has 2 atom stereocenters. The molecule has 0 spiro atoms. The largest absolute Gasteiger partial charge is 0.311 e. The highest BCUT2D eigenvalue weighted by Gasteiger charge is 2.39. The van der Waals surface area contributed by atoms with Gasteiger partial charge < -0.3 is 5.32 Å². The maximum absolute atomic E-state index is 12.9. The topological polar surface area (TPSA) is 49.4 Å². The van der Waals surface area contributed by atoms with Crippen LogP contribution >= 0.6 is 27.5 Å². The summed E-state index contributed by atoms with van der Waals surface area (Å²) in [5.41, 5.74) is 0. The van der Waals surface area contributed by atoms with Crippen LogP contribution in [0, 0.1) is 0 Å². The van der Waals surface area contributed by atoms with Crippen LogP contribution in [0.2, 0.25) is 5.02 Å². The molecule has 0 saturated carbocycles. The molecule has 3 rings (SSSR count). The molecule has 0 amide bonds. The van der Waals surface area contributed by atoms with Crippen molar-refractivity contribution in [2.45, 2.75) is 48.7 Å². The van der Waals surface area contributed by atoms with Crippen molar-refractivity contribution in [3.63, 3.8) is 0 Å². The fraction of sp³-hybridized carbons (Fsp3) is 0.571. The maximum atomic E-state index is 12.9. The molecule has 2 fully saturated rings. The molecule has 1 aromatic rings. The first-order valence-electron chi connectivity index (χ1n) is 7.07. The number of nitrogens with zero attached hydrogens (tertiary/aromatic N) is 1. The lowest BCUT2D eigenvalue weighted by Gasteiger charge is -2.35. The zero-order valence-electron chi connectivity index (χ0n) is 11.7. The van der Waals surface area contributed by atoms with E-state index in [1.54, 1.807) is 25.2 Å². The summed E-state index contributed by atoms with van der Waals surface area (Å²) in [4.78, 5) is 0.167. The van der Waals surface area contributed by atoms with Gasteiger partial charge in [0.15, 0.2) is 0 Å². The van der Waals surface area contributed by atoms with Crippen molar-refractivity contribution < 1.29 is 8.42 Å². The number of piperidine rings is 1. The second kappa shape index (κ2) is 5.81. The van der Waals surface area contributed by atoms with E-state index >= 15 is 0 Å². The number of nitrogens with one attached hydrogen (secondary N) is 1. The Bertz CT molecular complexity index is 620. The highest BCUT2D eigenvalue weighted by molar-refractivity contribution is 9.10. The van der Waals surface area contributed by atoms with E-state index in [9.17, 15) is 8.42 Å². The lowest BCUT2D eigenvalue weighted by molar-refractivity contribution is 0.251. The van der Waals surface area contributed by atoms with Crippen LogP contribution in [0.25, 0.3) is 0 Å². The molecule has 2 saturated heterocycles. The molecule has 2 aliphatic heterocycles. The number of rotatable bonds is 3. The lowest BCUT2D eigenvalue weighted by atomic mass is 10.0. The van der Waals surface area contributed by atoms with Crippen LogP contribution in [0.4, 0.5) is 0 Å². The van der Waals surface area contributed by atoms with Crippen LogP contribution in [0.15, 0.2) is 27.6 Å². The van der Waals surface area contributed by atoms with Crippen molar-refractivity contribution in [2.24, 2.45) is 0 Å². The number of sulfonamides is 1. The van der Waals surface area contributed by atoms with E-state index in [0.717, 1.165) is 25.7 Å². The van der Waals surface area contributed by atoms with E-state index in [4.69, 9.17) is 11.6 Å². The van der Waals surface area contributed by atoms with Gasteiger partial charge in [-0.15, -0.1) is 0 Å². The highest BCUT2D eigenvalue weighted by Crippen LogP contribution is 2.35. The second-order valence-electron chi connectivity index (χ2n) is 5.84. The Balaban J connectivity index is 1.91. The number of hydrogen-bond acceptors (Lipinski definition) is 3. The summed E-state index contributed by atoms with van der Waals surface area (Å²) in [6, 6.07) is 5.98. The van der Waals surface area contributed by atoms with Gasteiger partial charge in [0.2, 0.25) is 10.0 Å². The first-order valence-corrected chi connectivity index (χ1v) is 9.69. The van der Waals surface area contributed by atoms with E-state index in [1.165, 1.54) is 4.31 Å². The fourth-order valence-electron chi connectivity index (χ4n) is 3.39. The van der Waals surface area contributed by atoms with Gasteiger partial charge >= 0.3 is 0 Å². The predicted molar refractivity (Wildman–Crippen MR) is 87.1 cm³/mol. The van der Waals surface area contributed by atoms with Gasteiger partial charge in [0.25, 0.3) is 0 Å². The molecule has 7 heteroatoms. The van der Waals surface area contributed by atoms with Crippen molar-refractivity contribution >= 4 is 37.6 Å². The summed E-state index contributed by atoms with van der Waals surface area (Å²) in [6.45, 7) is 0. The van der Waals surface area contributed by atoms with Gasteiger partial charge in [-0.05, 0) is 53.7 Å². The quantitative estimate of drug-likeness (QED) is 0.859. The Labute approximate surface area is 139 Å². The van der Waals surface area contributed by atoms with E-state index in [0.29, 0.717) is 16.6 Å². The molecule has 21 heavy (non-hydrogen) atoms. The van der Waals surface area contributed by atoms with Crippen LogP contribution < -0.4 is 5.32 Å². The minimum Gasteiger partial charge on any atom is -0.311 e. The van der Waals surface area contributed by atoms with Crippen molar-refractivity contribution in [3.05, 3.63) is 27.7 Å². The smallest absolute Gasteiger partial charge is 0.245 e. The Morgan fingerprint density at radius 3 is 2.48 bits per heavy atom. The Morgan fingerprint density at radius 2 is 1.90 bits per heavy atom. The van der Waals surface area contributed by atoms with E-state index in [2.05, 4.69) is 21.2 Å². The molecule has 4 nitrogen and oxygen atoms in total. The third-order valence-corrected chi connectivity index (χ3v) is 7.88. The first kappa shape index (κ1) is 15.7. The summed E-state index contributed by atoms with van der Waals surface area (Å²) in [6.07, 6.45) is 4.03. The highest BCUT2D eigenvalue weighted by atomic mass is 79.9. The average molecular weight is 394 g/mol. The van der Waals surface area contributed by atoms with Gasteiger partial charge in [0, 0.05) is 29.6 Å². The second-order valence-corrected chi connectivity index (χ2v) is 9.03. The van der Waals surface area contributed by atoms with Crippen molar-refractivity contribution in [3.8, 4) is 0 Å². The maximum Gasteiger partial charge on any atom is 0.245 e. The van der Waals surface area contributed by atoms with Crippen LogP contribution in [-0.4, -0.2) is 37.9 Å². The molecule has 0 aliphatic carbocycles. The van der Waals surface area contributed by atoms with Crippen LogP contribution in [0.5, 0.6) is 0 Å². The van der Waals surface area contributed by atoms with Gasteiger partial charge in [-0.3, -0.25) is 0 Å². The van der Waals surface area contributed by atoms with Crippen molar-refractivity contribution in [2.75, 3.05) is 7.05 Å². The molecular formula is C14H18BrClN2O2S. The summed E-state index contributed by atoms with van der Waals surface area (Å²) in [5.74, 6) is 0. The summed E-state index contributed by atoms with van der Waals surface area (Å²) in [5, 5.41) is 3.79. The van der Waals surface area contributed by atoms with Gasteiger partial charge in [0.1, 0.15) is 4.90 Å². The SMILES string of the molecule is CN(C1CC2CCC(C1)N2)S(=O)(=O)c1c(Cl)cccc1Br. The van der Waals surface area contributed by atoms with Crippen LogP contribution in [-0.2, 0) is 10.0 Å². The van der Waals surface area contributed by atoms with Gasteiger partial charge in [-0.2, -0.15) is 4.31 Å². The molecular weight excluding hydrogens is 376 g/mol. The summed E-state index contributed by atoms with van der Waals surface area (Å²) < 4.78 is 27.8. The van der Waals surface area contributed by atoms with E-state index < -0.39 is 10.0 Å². The minimum atomic E-state index is -3.59. The average Bonchev–Trinajstić information content (AvgIpc) is 2.76. The molecule has 0 radical (unpaired) electrons. The number of fused-ring (bicyclic) bond motifs is 2. The monoisotopic (exact) mass is 392 g/mol. The zero-order chi connectivity index (χ0) is 15.2. The predicted octanol–water partition coefficient (Wildman–Crippen LogP) is 3.01. The molecule has 2 aliphatic rings. The fourth-order valence-corrected chi connectivity index (χ4v) is 6.44. The Hall–Kier alpha value is -0.140. The Kier molecular flexibility index (Phi) is 4.36. The molecule has 116 valence electrons. The molecule has 2 heterocycles. The number of hydrogen-bond donors (Lipinski definition) is 1. The van der Waals surface area contributed by atoms with E-state index in [-0.39, 0.29) is 16.0 Å². The van der Waals surface area contributed by atoms with Crippen LogP contribution in [0.3, 0.4) is 0 Å². The molecule has 1 N–H and O–H groups in total. The van der Waals surface area contributed by atoms with Gasteiger partial charge in [-0.25, -0.2) is 8.42 Å². The molecule has 2 bridgehead atoms. The number of benzene rings is 1. The molecule has 1 aromatic carbocycles. The van der Waals surface area contributed by atoms with Crippen molar-refractivity contribution in [1.29, 1.82) is 0 Å². The Morgan fingerprint density at radius 1 is 1.29 bits per heavy atom. The van der Waals surface area contributed by atoms with Gasteiger partial charge in [-0.1, -0.05) is 17.7 Å².